The van der Waals surface area contributed by atoms with Crippen molar-refractivity contribution in [1.82, 2.24) is 4.98 Å². The number of benzene rings is 1. The summed E-state index contributed by atoms with van der Waals surface area (Å²) in [6.45, 7) is 4.03. The van der Waals surface area contributed by atoms with E-state index in [9.17, 15) is 13.2 Å². The smallest absolute Gasteiger partial charge is 0.303 e. The molecule has 0 aliphatic heterocycles. The lowest BCUT2D eigenvalue weighted by Crippen LogP contribution is -2.12. The van der Waals surface area contributed by atoms with E-state index < -0.39 is 15.8 Å². The number of hydrogen-bond acceptors (Lipinski definition) is 6. The Labute approximate surface area is 200 Å². The summed E-state index contributed by atoms with van der Waals surface area (Å²) < 4.78 is 34.1. The monoisotopic (exact) mass is 483 g/mol. The zero-order valence-corrected chi connectivity index (χ0v) is 20.4. The van der Waals surface area contributed by atoms with E-state index in [-0.39, 0.29) is 18.8 Å². The predicted molar refractivity (Wildman–Crippen MR) is 132 cm³/mol. The molecule has 180 valence electrons. The van der Waals surface area contributed by atoms with Gasteiger partial charge in [-0.1, -0.05) is 29.9 Å². The van der Waals surface area contributed by atoms with Gasteiger partial charge in [-0.2, -0.15) is 0 Å². The van der Waals surface area contributed by atoms with E-state index in [1.807, 2.05) is 56.3 Å². The number of nitrogens with zero attached hydrogens (tertiary/aromatic N) is 1. The van der Waals surface area contributed by atoms with Gasteiger partial charge in [0.1, 0.15) is 12.4 Å². The third kappa shape index (κ3) is 7.59. The molecule has 0 spiro atoms. The fourth-order valence-electron chi connectivity index (χ4n) is 3.60. The number of carboxylic acid groups (broad SMARTS) is 1. The molecule has 1 aliphatic rings. The van der Waals surface area contributed by atoms with Gasteiger partial charge in [0, 0.05) is 24.3 Å². The molecule has 2 aromatic rings. The van der Waals surface area contributed by atoms with Crippen LogP contribution in [-0.2, 0) is 14.6 Å². The van der Waals surface area contributed by atoms with Crippen LogP contribution < -0.4 is 9.47 Å². The standard InChI is InChI=1S/C26H29NO6S/c1-18-15-22(32-13-14-34(3,30)31)16-19(2)26(18)23-5-4-6-24(27-23)33-17-21-9-7-20(8-10-21)11-12-25(28)29/h4-9,15-17H,10-14H2,1-3H3,(H,28,29). The van der Waals surface area contributed by atoms with E-state index in [4.69, 9.17) is 14.6 Å². The molecule has 1 aromatic heterocycles. The van der Waals surface area contributed by atoms with Crippen molar-refractivity contribution >= 4 is 15.8 Å². The molecule has 7 nitrogen and oxygen atoms in total. The van der Waals surface area contributed by atoms with Crippen LogP contribution in [0.5, 0.6) is 11.6 Å². The predicted octanol–water partition coefficient (Wildman–Crippen LogP) is 4.80. The molecule has 1 aromatic carbocycles. The van der Waals surface area contributed by atoms with Crippen LogP contribution in [0.1, 0.15) is 30.4 Å². The Morgan fingerprint density at radius 2 is 1.91 bits per heavy atom. The van der Waals surface area contributed by atoms with Gasteiger partial charge in [-0.15, -0.1) is 0 Å². The Kier molecular flexibility index (Phi) is 8.28. The van der Waals surface area contributed by atoms with E-state index in [0.717, 1.165) is 33.5 Å². The van der Waals surface area contributed by atoms with E-state index in [1.165, 1.54) is 6.26 Å². The van der Waals surface area contributed by atoms with Gasteiger partial charge >= 0.3 is 5.97 Å². The zero-order chi connectivity index (χ0) is 24.7. The lowest BCUT2D eigenvalue weighted by atomic mass is 9.99. The number of carboxylic acids is 1. The second-order valence-electron chi connectivity index (χ2n) is 8.29. The van der Waals surface area contributed by atoms with Crippen LogP contribution in [0, 0.1) is 13.8 Å². The maximum atomic E-state index is 11.3. The summed E-state index contributed by atoms with van der Waals surface area (Å²) in [5, 5.41) is 8.80. The normalized spacial score (nSPS) is 14.7. The summed E-state index contributed by atoms with van der Waals surface area (Å²) in [6.07, 6.45) is 10.0. The molecule has 34 heavy (non-hydrogen) atoms. The quantitative estimate of drug-likeness (QED) is 0.484. The number of hydrogen-bond donors (Lipinski definition) is 1. The fraction of sp³-hybridized carbons (Fsp3) is 0.308. The first-order valence-electron chi connectivity index (χ1n) is 10.9. The van der Waals surface area contributed by atoms with Gasteiger partial charge < -0.3 is 14.6 Å². The van der Waals surface area contributed by atoms with Crippen molar-refractivity contribution in [3.8, 4) is 22.9 Å². The van der Waals surface area contributed by atoms with Crippen molar-refractivity contribution in [2.45, 2.75) is 33.1 Å². The first-order chi connectivity index (χ1) is 16.1. The zero-order valence-electron chi connectivity index (χ0n) is 19.6. The maximum absolute atomic E-state index is 11.3. The van der Waals surface area contributed by atoms with E-state index in [1.54, 1.807) is 12.3 Å². The van der Waals surface area contributed by atoms with Crippen LogP contribution in [0.4, 0.5) is 0 Å². The molecule has 0 radical (unpaired) electrons. The number of allylic oxidation sites excluding steroid dienone is 5. The summed E-state index contributed by atoms with van der Waals surface area (Å²) in [6, 6.07) is 9.34. The molecule has 1 aliphatic carbocycles. The Hall–Kier alpha value is -3.39. The number of rotatable bonds is 10. The molecule has 8 heteroatoms. The average molecular weight is 484 g/mol. The van der Waals surface area contributed by atoms with E-state index >= 15 is 0 Å². The van der Waals surface area contributed by atoms with Gasteiger partial charge in [-0.3, -0.25) is 4.79 Å². The summed E-state index contributed by atoms with van der Waals surface area (Å²) in [7, 11) is -3.08. The van der Waals surface area contributed by atoms with Crippen molar-refractivity contribution < 1.29 is 27.8 Å². The molecule has 3 rings (SSSR count). The molecule has 0 fully saturated rings. The van der Waals surface area contributed by atoms with Crippen LogP contribution in [0.3, 0.4) is 0 Å². The number of sulfone groups is 1. The number of aromatic nitrogens is 1. The van der Waals surface area contributed by atoms with Gasteiger partial charge in [-0.05, 0) is 61.6 Å². The molecule has 0 saturated carbocycles. The summed E-state index contributed by atoms with van der Waals surface area (Å²) >= 11 is 0. The molecule has 0 unspecified atom stereocenters. The molecule has 0 saturated heterocycles. The first kappa shape index (κ1) is 25.2. The van der Waals surface area contributed by atoms with Crippen LogP contribution in [0.2, 0.25) is 0 Å². The first-order valence-corrected chi connectivity index (χ1v) is 13.0. The third-order valence-electron chi connectivity index (χ3n) is 5.28. The fourth-order valence-corrected chi connectivity index (χ4v) is 3.99. The second kappa shape index (κ2) is 11.2. The largest absolute Gasteiger partial charge is 0.493 e. The third-order valence-corrected chi connectivity index (χ3v) is 6.19. The SMILES string of the molecule is Cc1cc(OCCS(C)(=O)=O)cc(C)c1-c1cccc(OC=C2C=CC(CCC(=O)O)=CC2)n1. The Balaban J connectivity index is 1.68. The number of pyridine rings is 1. The van der Waals surface area contributed by atoms with Crippen LogP contribution in [0.15, 0.2) is 66.0 Å². The number of aliphatic carboxylic acids is 1. The average Bonchev–Trinajstić information content (AvgIpc) is 2.76. The maximum Gasteiger partial charge on any atom is 0.303 e. The molecule has 1 heterocycles. The van der Waals surface area contributed by atoms with Gasteiger partial charge in [-0.25, -0.2) is 13.4 Å². The van der Waals surface area contributed by atoms with Crippen LogP contribution >= 0.6 is 0 Å². The highest BCUT2D eigenvalue weighted by Gasteiger charge is 2.12. The Morgan fingerprint density at radius 1 is 1.18 bits per heavy atom. The van der Waals surface area contributed by atoms with Crippen molar-refractivity contribution in [2.75, 3.05) is 18.6 Å². The molecular formula is C26H29NO6S. The van der Waals surface area contributed by atoms with Gasteiger partial charge in [0.25, 0.3) is 0 Å². The minimum Gasteiger partial charge on any atom is -0.493 e. The summed E-state index contributed by atoms with van der Waals surface area (Å²) in [5.41, 5.74) is 5.64. The highest BCUT2D eigenvalue weighted by Crippen LogP contribution is 2.31. The number of aryl methyl sites for hydroxylation is 2. The number of carbonyl (C=O) groups is 1. The van der Waals surface area contributed by atoms with Gasteiger partial charge in [0.05, 0.1) is 17.7 Å². The molecule has 1 N–H and O–H groups in total. The topological polar surface area (TPSA) is 103 Å². The highest BCUT2D eigenvalue weighted by molar-refractivity contribution is 7.90. The minimum atomic E-state index is -3.08. The lowest BCUT2D eigenvalue weighted by molar-refractivity contribution is -0.136. The van der Waals surface area contributed by atoms with Gasteiger partial charge in [0.2, 0.25) is 5.88 Å². The molecule has 0 amide bonds. The Morgan fingerprint density at radius 3 is 2.53 bits per heavy atom. The van der Waals surface area contributed by atoms with Crippen molar-refractivity contribution in [2.24, 2.45) is 0 Å². The van der Waals surface area contributed by atoms with Crippen LogP contribution in [-0.4, -0.2) is 43.1 Å². The van der Waals surface area contributed by atoms with Crippen molar-refractivity contribution in [1.29, 1.82) is 0 Å². The molecule has 0 bridgehead atoms. The van der Waals surface area contributed by atoms with E-state index in [2.05, 4.69) is 4.98 Å². The minimum absolute atomic E-state index is 0.0298. The number of ether oxygens (including phenoxy) is 2. The molecular weight excluding hydrogens is 454 g/mol. The van der Waals surface area contributed by atoms with Crippen molar-refractivity contribution in [3.05, 3.63) is 77.1 Å². The highest BCUT2D eigenvalue weighted by atomic mass is 32.2. The molecule has 0 atom stereocenters. The van der Waals surface area contributed by atoms with Crippen molar-refractivity contribution in [3.63, 3.8) is 0 Å². The summed E-state index contributed by atoms with van der Waals surface area (Å²) in [5.74, 6) is 0.257. The summed E-state index contributed by atoms with van der Waals surface area (Å²) in [4.78, 5) is 15.4. The van der Waals surface area contributed by atoms with Crippen LogP contribution in [0.25, 0.3) is 11.3 Å². The van der Waals surface area contributed by atoms with Gasteiger partial charge in [0.15, 0.2) is 9.84 Å². The lowest BCUT2D eigenvalue weighted by Gasteiger charge is -2.14. The van der Waals surface area contributed by atoms with E-state index in [0.29, 0.717) is 24.5 Å². The second-order valence-corrected chi connectivity index (χ2v) is 10.6. The Bertz CT molecular complexity index is 1230.